The summed E-state index contributed by atoms with van der Waals surface area (Å²) in [7, 11) is 1.32. The molecule has 0 saturated carbocycles. The van der Waals surface area contributed by atoms with Crippen LogP contribution in [0.5, 0.6) is 0 Å². The number of hydrogen-bond donors (Lipinski definition) is 2. The van der Waals surface area contributed by atoms with E-state index in [4.69, 9.17) is 12.2 Å². The Balaban J connectivity index is 1.63. The zero-order valence-corrected chi connectivity index (χ0v) is 14.6. The molecule has 0 aliphatic heterocycles. The third-order valence-corrected chi connectivity index (χ3v) is 4.07. The summed E-state index contributed by atoms with van der Waals surface area (Å²) >= 11 is 6.23. The van der Waals surface area contributed by atoms with Crippen LogP contribution in [0.15, 0.2) is 42.5 Å². The van der Waals surface area contributed by atoms with E-state index < -0.39 is 5.97 Å². The second kappa shape index (κ2) is 7.32. The molecule has 0 aliphatic carbocycles. The Morgan fingerprint density at radius 3 is 2.44 bits per heavy atom. The van der Waals surface area contributed by atoms with Crippen LogP contribution in [0.1, 0.15) is 20.7 Å². The molecule has 2 aromatic carbocycles. The summed E-state index contributed by atoms with van der Waals surface area (Å²) < 4.78 is 12.8. The quantitative estimate of drug-likeness (QED) is 0.539. The van der Waals surface area contributed by atoms with Crippen molar-refractivity contribution in [1.82, 2.24) is 14.1 Å². The number of rotatable bonds is 3. The fourth-order valence-electron chi connectivity index (χ4n) is 2.07. The van der Waals surface area contributed by atoms with Crippen molar-refractivity contribution in [3.8, 4) is 0 Å². The van der Waals surface area contributed by atoms with Gasteiger partial charge in [0.25, 0.3) is 5.91 Å². The number of carbonyl (C=O) groups excluding carboxylic acids is 2. The summed E-state index contributed by atoms with van der Waals surface area (Å²) in [6, 6.07) is 11.6. The first kappa shape index (κ1) is 16.9. The van der Waals surface area contributed by atoms with Crippen molar-refractivity contribution in [2.24, 2.45) is 0 Å². The van der Waals surface area contributed by atoms with E-state index in [2.05, 4.69) is 24.1 Å². The van der Waals surface area contributed by atoms with Crippen molar-refractivity contribution in [3.63, 3.8) is 0 Å². The van der Waals surface area contributed by atoms with Crippen LogP contribution in [0.2, 0.25) is 0 Å². The normalized spacial score (nSPS) is 10.3. The molecule has 0 unspecified atom stereocenters. The van der Waals surface area contributed by atoms with Crippen molar-refractivity contribution >= 4 is 57.7 Å². The van der Waals surface area contributed by atoms with Crippen molar-refractivity contribution < 1.29 is 14.3 Å². The number of ether oxygens (including phenoxy) is 1. The highest BCUT2D eigenvalue weighted by atomic mass is 32.1. The summed E-state index contributed by atoms with van der Waals surface area (Å²) in [6.07, 6.45) is 0. The van der Waals surface area contributed by atoms with Crippen molar-refractivity contribution in [2.75, 3.05) is 12.4 Å². The maximum atomic E-state index is 12.2. The Kier molecular flexibility index (Phi) is 4.96. The van der Waals surface area contributed by atoms with Gasteiger partial charge >= 0.3 is 5.97 Å². The van der Waals surface area contributed by atoms with E-state index in [0.29, 0.717) is 22.3 Å². The van der Waals surface area contributed by atoms with Gasteiger partial charge in [-0.2, -0.15) is 8.75 Å². The molecule has 0 radical (unpaired) electrons. The summed E-state index contributed by atoms with van der Waals surface area (Å²) in [5.41, 5.74) is 2.90. The molecule has 0 atom stereocenters. The average Bonchev–Trinajstić information content (AvgIpc) is 3.09. The number of methoxy groups -OCH3 is 1. The number of aromatic nitrogens is 2. The molecule has 25 heavy (non-hydrogen) atoms. The lowest BCUT2D eigenvalue weighted by atomic mass is 10.2. The highest BCUT2D eigenvalue weighted by molar-refractivity contribution is 7.80. The fourth-order valence-corrected chi connectivity index (χ4v) is 2.80. The molecule has 7 nitrogen and oxygen atoms in total. The minimum absolute atomic E-state index is 0.146. The lowest BCUT2D eigenvalue weighted by Crippen LogP contribution is -2.34. The zero-order chi connectivity index (χ0) is 17.8. The van der Waals surface area contributed by atoms with E-state index >= 15 is 0 Å². The summed E-state index contributed by atoms with van der Waals surface area (Å²) in [5.74, 6) is -0.770. The molecule has 1 aromatic heterocycles. The van der Waals surface area contributed by atoms with E-state index in [0.717, 1.165) is 17.2 Å². The molecule has 3 rings (SSSR count). The molecule has 0 saturated heterocycles. The topological polar surface area (TPSA) is 93.2 Å². The monoisotopic (exact) mass is 372 g/mol. The zero-order valence-electron chi connectivity index (χ0n) is 13.0. The van der Waals surface area contributed by atoms with Gasteiger partial charge < -0.3 is 10.1 Å². The van der Waals surface area contributed by atoms with Gasteiger partial charge in [-0.1, -0.05) is 0 Å². The summed E-state index contributed by atoms with van der Waals surface area (Å²) in [6.45, 7) is 0. The first-order chi connectivity index (χ1) is 12.1. The van der Waals surface area contributed by atoms with Gasteiger partial charge in [0.2, 0.25) is 0 Å². The molecule has 0 spiro atoms. The minimum atomic E-state index is -0.422. The van der Waals surface area contributed by atoms with E-state index in [9.17, 15) is 9.59 Å². The molecule has 9 heteroatoms. The lowest BCUT2D eigenvalue weighted by Gasteiger charge is -2.10. The molecule has 126 valence electrons. The molecule has 3 aromatic rings. The lowest BCUT2D eigenvalue weighted by molar-refractivity contribution is 0.0600. The maximum absolute atomic E-state index is 12.2. The molecule has 0 bridgehead atoms. The number of esters is 1. The Morgan fingerprint density at radius 2 is 1.72 bits per heavy atom. The van der Waals surface area contributed by atoms with Gasteiger partial charge in [0.1, 0.15) is 11.0 Å². The Hall–Kier alpha value is -2.91. The van der Waals surface area contributed by atoms with Gasteiger partial charge in [-0.05, 0) is 54.7 Å². The van der Waals surface area contributed by atoms with E-state index in [-0.39, 0.29) is 11.0 Å². The highest BCUT2D eigenvalue weighted by Gasteiger charge is 2.10. The van der Waals surface area contributed by atoms with Crippen LogP contribution in [0, 0.1) is 0 Å². The smallest absolute Gasteiger partial charge is 0.337 e. The molecular weight excluding hydrogens is 360 g/mol. The van der Waals surface area contributed by atoms with Gasteiger partial charge in [0, 0.05) is 11.3 Å². The average molecular weight is 372 g/mol. The van der Waals surface area contributed by atoms with Crippen LogP contribution in [0.25, 0.3) is 11.0 Å². The SMILES string of the molecule is COC(=O)c1ccc(NC(=S)NC(=O)c2ccc3nsnc3c2)cc1. The Bertz CT molecular complexity index is 953. The van der Waals surface area contributed by atoms with Gasteiger partial charge in [0.15, 0.2) is 5.11 Å². The first-order valence-corrected chi connectivity index (χ1v) is 8.24. The van der Waals surface area contributed by atoms with Gasteiger partial charge in [-0.15, -0.1) is 0 Å². The predicted octanol–water partition coefficient (Wildman–Crippen LogP) is 2.60. The Labute approximate surface area is 152 Å². The van der Waals surface area contributed by atoms with E-state index in [1.807, 2.05) is 0 Å². The number of anilines is 1. The third kappa shape index (κ3) is 3.95. The Morgan fingerprint density at radius 1 is 1.04 bits per heavy atom. The first-order valence-electron chi connectivity index (χ1n) is 7.10. The minimum Gasteiger partial charge on any atom is -0.465 e. The predicted molar refractivity (Wildman–Crippen MR) is 98.9 cm³/mol. The van der Waals surface area contributed by atoms with Gasteiger partial charge in [-0.25, -0.2) is 4.79 Å². The van der Waals surface area contributed by atoms with Crippen LogP contribution in [-0.2, 0) is 4.74 Å². The van der Waals surface area contributed by atoms with Crippen molar-refractivity contribution in [3.05, 3.63) is 53.6 Å². The van der Waals surface area contributed by atoms with Crippen LogP contribution < -0.4 is 10.6 Å². The number of nitrogens with one attached hydrogen (secondary N) is 2. The van der Waals surface area contributed by atoms with E-state index in [1.165, 1.54) is 7.11 Å². The summed E-state index contributed by atoms with van der Waals surface area (Å²) in [5, 5.41) is 5.62. The maximum Gasteiger partial charge on any atom is 0.337 e. The largest absolute Gasteiger partial charge is 0.465 e. The standard InChI is InChI=1S/C16H12N4O3S2/c1-23-15(22)9-2-5-11(6-3-9)17-16(24)18-14(21)10-4-7-12-13(8-10)20-25-19-12/h2-8H,1H3,(H2,17,18,21,24). The number of carbonyl (C=O) groups is 2. The second-order valence-corrected chi connectivity index (χ2v) is 5.88. The van der Waals surface area contributed by atoms with Crippen LogP contribution in [0.4, 0.5) is 5.69 Å². The number of amides is 1. The van der Waals surface area contributed by atoms with Crippen LogP contribution in [-0.4, -0.2) is 32.8 Å². The molecule has 1 heterocycles. The second-order valence-electron chi connectivity index (χ2n) is 4.94. The van der Waals surface area contributed by atoms with Crippen LogP contribution >= 0.6 is 23.9 Å². The highest BCUT2D eigenvalue weighted by Crippen LogP contribution is 2.14. The number of thiocarbonyl (C=S) groups is 1. The molecule has 0 fully saturated rings. The number of hydrogen-bond acceptors (Lipinski definition) is 7. The molecule has 0 aliphatic rings. The number of nitrogens with zero attached hydrogens (tertiary/aromatic N) is 2. The molecule has 2 N–H and O–H groups in total. The van der Waals surface area contributed by atoms with Gasteiger partial charge in [0.05, 0.1) is 24.4 Å². The van der Waals surface area contributed by atoms with Crippen molar-refractivity contribution in [2.45, 2.75) is 0 Å². The van der Waals surface area contributed by atoms with Crippen LogP contribution in [0.3, 0.4) is 0 Å². The third-order valence-electron chi connectivity index (χ3n) is 3.31. The van der Waals surface area contributed by atoms with Gasteiger partial charge in [-0.3, -0.25) is 10.1 Å². The molecule has 1 amide bonds. The molecular formula is C16H12N4O3S2. The summed E-state index contributed by atoms with van der Waals surface area (Å²) in [4.78, 5) is 23.6. The number of benzene rings is 2. The van der Waals surface area contributed by atoms with Crippen molar-refractivity contribution in [1.29, 1.82) is 0 Å². The van der Waals surface area contributed by atoms with E-state index in [1.54, 1.807) is 42.5 Å². The number of fused-ring (bicyclic) bond motifs is 1. The fraction of sp³-hybridized carbons (Fsp3) is 0.0625.